The molecule has 1 aromatic heterocycles. The molecule has 0 spiro atoms. The van der Waals surface area contributed by atoms with Crippen molar-refractivity contribution in [1.82, 2.24) is 5.16 Å². The van der Waals surface area contributed by atoms with E-state index in [2.05, 4.69) is 5.16 Å². The van der Waals surface area contributed by atoms with Crippen molar-refractivity contribution < 1.29 is 28.7 Å². The number of ketones is 1. The molecular weight excluding hydrogens is 412 g/mol. The topological polar surface area (TPSA) is 102 Å². The number of amides is 1. The van der Waals surface area contributed by atoms with E-state index in [1.165, 1.54) is 4.90 Å². The minimum absolute atomic E-state index is 0.0371. The second-order valence-electron chi connectivity index (χ2n) is 7.20. The number of hydrogen-bond donors (Lipinski definition) is 1. The van der Waals surface area contributed by atoms with E-state index in [1.807, 2.05) is 6.92 Å². The van der Waals surface area contributed by atoms with Crippen LogP contribution in [-0.4, -0.2) is 35.7 Å². The zero-order chi connectivity index (χ0) is 22.8. The first kappa shape index (κ1) is 21.2. The summed E-state index contributed by atoms with van der Waals surface area (Å²) in [4.78, 5) is 27.3. The van der Waals surface area contributed by atoms with E-state index in [9.17, 15) is 14.7 Å². The molecule has 32 heavy (non-hydrogen) atoms. The molecule has 1 N–H and O–H groups in total. The number of aliphatic hydroxyl groups is 1. The Morgan fingerprint density at radius 2 is 1.75 bits per heavy atom. The number of ether oxygens (including phenoxy) is 2. The molecule has 1 aliphatic rings. The summed E-state index contributed by atoms with van der Waals surface area (Å²) in [6, 6.07) is 14.3. The van der Waals surface area contributed by atoms with Crippen LogP contribution in [0.2, 0.25) is 0 Å². The number of hydrogen-bond acceptors (Lipinski definition) is 7. The summed E-state index contributed by atoms with van der Waals surface area (Å²) in [7, 11) is 1.55. The highest BCUT2D eigenvalue weighted by molar-refractivity contribution is 6.51. The fourth-order valence-electron chi connectivity index (χ4n) is 3.67. The molecule has 1 atom stereocenters. The maximum Gasteiger partial charge on any atom is 0.301 e. The van der Waals surface area contributed by atoms with Crippen LogP contribution in [0.3, 0.4) is 0 Å². The average molecular weight is 434 g/mol. The minimum atomic E-state index is -0.892. The second-order valence-corrected chi connectivity index (χ2v) is 7.20. The Bertz CT molecular complexity index is 1180. The van der Waals surface area contributed by atoms with Crippen LogP contribution >= 0.6 is 0 Å². The maximum absolute atomic E-state index is 13.1. The molecule has 2 aromatic carbocycles. The van der Waals surface area contributed by atoms with Crippen molar-refractivity contribution >= 4 is 23.3 Å². The fourth-order valence-corrected chi connectivity index (χ4v) is 3.67. The quantitative estimate of drug-likeness (QED) is 0.355. The van der Waals surface area contributed by atoms with Crippen LogP contribution in [0, 0.1) is 6.92 Å². The molecule has 164 valence electrons. The number of aliphatic hydroxyl groups excluding tert-OH is 1. The maximum atomic E-state index is 13.1. The number of carbonyl (C=O) groups is 2. The molecule has 0 bridgehead atoms. The largest absolute Gasteiger partial charge is 0.507 e. The molecule has 1 fully saturated rings. The zero-order valence-corrected chi connectivity index (χ0v) is 17.9. The Hall–Kier alpha value is -4.07. The lowest BCUT2D eigenvalue weighted by molar-refractivity contribution is -0.132. The van der Waals surface area contributed by atoms with E-state index in [0.29, 0.717) is 35.0 Å². The SMILES string of the molecule is CCOc1ccc(C(O)=C2C(=O)C(=O)N(c3cc(C)on3)C2c2ccc(OC)cc2)cc1. The molecule has 0 radical (unpaired) electrons. The van der Waals surface area contributed by atoms with Crippen LogP contribution in [0.1, 0.15) is 29.9 Å². The third-order valence-electron chi connectivity index (χ3n) is 5.18. The summed E-state index contributed by atoms with van der Waals surface area (Å²) in [5, 5.41) is 15.0. The number of aryl methyl sites for hydroxylation is 1. The first-order valence-electron chi connectivity index (χ1n) is 10.1. The van der Waals surface area contributed by atoms with Gasteiger partial charge in [-0.25, -0.2) is 0 Å². The van der Waals surface area contributed by atoms with Crippen LogP contribution < -0.4 is 14.4 Å². The number of rotatable bonds is 6. The summed E-state index contributed by atoms with van der Waals surface area (Å²) >= 11 is 0. The molecule has 8 nitrogen and oxygen atoms in total. The van der Waals surface area contributed by atoms with Gasteiger partial charge in [0.1, 0.15) is 23.0 Å². The lowest BCUT2D eigenvalue weighted by Gasteiger charge is -2.23. The van der Waals surface area contributed by atoms with Crippen molar-refractivity contribution in [2.24, 2.45) is 0 Å². The Kier molecular flexibility index (Phi) is 5.68. The van der Waals surface area contributed by atoms with Gasteiger partial charge in [-0.3, -0.25) is 14.5 Å². The van der Waals surface area contributed by atoms with E-state index < -0.39 is 17.7 Å². The normalized spacial score (nSPS) is 17.6. The van der Waals surface area contributed by atoms with Crippen LogP contribution in [0.15, 0.2) is 64.7 Å². The first-order chi connectivity index (χ1) is 15.4. The molecule has 0 saturated carbocycles. The van der Waals surface area contributed by atoms with E-state index >= 15 is 0 Å². The molecule has 1 saturated heterocycles. The summed E-state index contributed by atoms with van der Waals surface area (Å²) in [5.74, 6) is 0.0428. The van der Waals surface area contributed by atoms with Gasteiger partial charge in [-0.15, -0.1) is 0 Å². The summed E-state index contributed by atoms with van der Waals surface area (Å²) in [6.45, 7) is 4.07. The second kappa shape index (κ2) is 8.58. The Morgan fingerprint density at radius 3 is 2.31 bits per heavy atom. The predicted molar refractivity (Wildman–Crippen MR) is 117 cm³/mol. The highest BCUT2D eigenvalue weighted by Gasteiger charge is 2.48. The number of nitrogens with zero attached hydrogens (tertiary/aromatic N) is 2. The van der Waals surface area contributed by atoms with Crippen LogP contribution in [0.5, 0.6) is 11.5 Å². The van der Waals surface area contributed by atoms with Gasteiger partial charge in [0.2, 0.25) is 0 Å². The van der Waals surface area contributed by atoms with Crippen molar-refractivity contribution in [3.8, 4) is 11.5 Å². The first-order valence-corrected chi connectivity index (χ1v) is 10.1. The molecule has 1 amide bonds. The average Bonchev–Trinajstić information content (AvgIpc) is 3.34. The standard InChI is InChI=1S/C24H22N2O6/c1-4-31-18-11-7-16(8-12-18)22(27)20-21(15-5-9-17(30-3)10-6-15)26(24(29)23(20)28)19-13-14(2)32-25-19/h5-13,21,27H,4H2,1-3H3. The molecule has 1 unspecified atom stereocenters. The van der Waals surface area contributed by atoms with Gasteiger partial charge in [-0.1, -0.05) is 17.3 Å². The fraction of sp³-hybridized carbons (Fsp3) is 0.208. The molecule has 0 aliphatic carbocycles. The number of methoxy groups -OCH3 is 1. The zero-order valence-electron chi connectivity index (χ0n) is 17.9. The molecule has 2 heterocycles. The number of Topliss-reactive ketones (excluding diaryl/α,β-unsaturated/α-hetero) is 1. The number of anilines is 1. The Morgan fingerprint density at radius 1 is 1.09 bits per heavy atom. The van der Waals surface area contributed by atoms with Gasteiger partial charge in [0.25, 0.3) is 5.78 Å². The molecule has 4 rings (SSSR count). The number of aromatic nitrogens is 1. The van der Waals surface area contributed by atoms with Gasteiger partial charge in [0, 0.05) is 11.6 Å². The predicted octanol–water partition coefficient (Wildman–Crippen LogP) is 4.02. The van der Waals surface area contributed by atoms with Gasteiger partial charge in [-0.2, -0.15) is 0 Å². The van der Waals surface area contributed by atoms with Crippen molar-refractivity contribution in [2.45, 2.75) is 19.9 Å². The van der Waals surface area contributed by atoms with Crippen LogP contribution in [0.4, 0.5) is 5.82 Å². The van der Waals surface area contributed by atoms with Crippen LogP contribution in [-0.2, 0) is 9.59 Å². The van der Waals surface area contributed by atoms with E-state index in [4.69, 9.17) is 14.0 Å². The highest BCUT2D eigenvalue weighted by Crippen LogP contribution is 2.42. The lowest BCUT2D eigenvalue weighted by atomic mass is 9.95. The molecular formula is C24H22N2O6. The van der Waals surface area contributed by atoms with Gasteiger partial charge < -0.3 is 19.1 Å². The number of benzene rings is 2. The van der Waals surface area contributed by atoms with Gasteiger partial charge in [0.05, 0.1) is 25.3 Å². The van der Waals surface area contributed by atoms with Crippen molar-refractivity contribution in [3.05, 3.63) is 77.1 Å². The summed E-state index contributed by atoms with van der Waals surface area (Å²) in [6.07, 6.45) is 0. The molecule has 8 heteroatoms. The lowest BCUT2D eigenvalue weighted by Crippen LogP contribution is -2.29. The summed E-state index contributed by atoms with van der Waals surface area (Å²) < 4.78 is 15.8. The molecule has 1 aliphatic heterocycles. The Labute approximate surface area is 184 Å². The van der Waals surface area contributed by atoms with E-state index in [1.54, 1.807) is 68.6 Å². The molecule has 3 aromatic rings. The smallest absolute Gasteiger partial charge is 0.301 e. The summed E-state index contributed by atoms with van der Waals surface area (Å²) in [5.41, 5.74) is 0.962. The van der Waals surface area contributed by atoms with E-state index in [-0.39, 0.29) is 17.2 Å². The van der Waals surface area contributed by atoms with Gasteiger partial charge >= 0.3 is 5.91 Å². The third-order valence-corrected chi connectivity index (χ3v) is 5.18. The van der Waals surface area contributed by atoms with Gasteiger partial charge in [-0.05, 0) is 55.8 Å². The Balaban J connectivity index is 1.86. The van der Waals surface area contributed by atoms with Crippen molar-refractivity contribution in [1.29, 1.82) is 0 Å². The van der Waals surface area contributed by atoms with Gasteiger partial charge in [0.15, 0.2) is 5.82 Å². The monoisotopic (exact) mass is 434 g/mol. The number of carbonyl (C=O) groups excluding carboxylic acids is 2. The highest BCUT2D eigenvalue weighted by atomic mass is 16.5. The minimum Gasteiger partial charge on any atom is -0.507 e. The third kappa shape index (κ3) is 3.71. The van der Waals surface area contributed by atoms with Crippen LogP contribution in [0.25, 0.3) is 5.76 Å². The van der Waals surface area contributed by atoms with E-state index in [0.717, 1.165) is 0 Å². The van der Waals surface area contributed by atoms with Crippen molar-refractivity contribution in [3.63, 3.8) is 0 Å². The van der Waals surface area contributed by atoms with Crippen molar-refractivity contribution in [2.75, 3.05) is 18.6 Å².